The molecule has 21 heteroatoms. The van der Waals surface area contributed by atoms with Gasteiger partial charge in [-0.25, -0.2) is 37.8 Å². The highest BCUT2D eigenvalue weighted by Crippen LogP contribution is 2.59. The number of hydrogen-bond acceptors (Lipinski definition) is 13. The van der Waals surface area contributed by atoms with Crippen LogP contribution in [0.3, 0.4) is 0 Å². The van der Waals surface area contributed by atoms with Gasteiger partial charge in [0.05, 0.1) is 87.3 Å². The normalized spacial score (nSPS) is 14.8. The summed E-state index contributed by atoms with van der Waals surface area (Å²) in [6.07, 6.45) is 58.3. The van der Waals surface area contributed by atoms with Crippen LogP contribution in [0.15, 0.2) is 58.9 Å². The minimum Gasteiger partial charge on any atom is -0.337 e. The highest BCUT2D eigenvalue weighted by molar-refractivity contribution is 7.37. The van der Waals surface area contributed by atoms with E-state index >= 15 is 17.6 Å². The van der Waals surface area contributed by atoms with Gasteiger partial charge in [0, 0.05) is 86.5 Å². The fourth-order valence-corrected chi connectivity index (χ4v) is 30.0. The summed E-state index contributed by atoms with van der Waals surface area (Å²) in [6, 6.07) is 12.2. The van der Waals surface area contributed by atoms with E-state index < -0.39 is 34.8 Å². The maximum atomic E-state index is 15.4. The van der Waals surface area contributed by atoms with E-state index in [1.165, 1.54) is 272 Å². The number of nitriles is 2. The summed E-state index contributed by atoms with van der Waals surface area (Å²) >= 11 is 12.4. The summed E-state index contributed by atoms with van der Waals surface area (Å²) in [5.74, 6) is -5.00. The fourth-order valence-electron chi connectivity index (χ4n) is 20.8. The van der Waals surface area contributed by atoms with Crippen molar-refractivity contribution in [1.82, 2.24) is 17.9 Å². The molecule has 0 saturated carbocycles. The second-order valence-corrected chi connectivity index (χ2v) is 44.5. The van der Waals surface area contributed by atoms with E-state index in [-0.39, 0.29) is 55.9 Å². The van der Waals surface area contributed by atoms with Gasteiger partial charge < -0.3 is 9.13 Å². The number of rotatable bonds is 56. The number of carbonyl (C=O) groups excluding carboxylic acids is 2. The van der Waals surface area contributed by atoms with Gasteiger partial charge in [0.25, 0.3) is 11.4 Å². The Morgan fingerprint density at radius 3 is 0.992 bits per heavy atom. The van der Waals surface area contributed by atoms with E-state index in [9.17, 15) is 20.1 Å². The number of Topliss-reactive ketones (excluding diaryl/α,β-unsaturated/α-hetero) is 2. The first-order valence-electron chi connectivity index (χ1n) is 50.9. The standard InChI is InChI=1S/C112H134F4N8O2S7/c1-11-19-25-29-33-37-41-45-49-55-73-59-75(61-83-91(89(67-117)119-9)79-63-85(113)87(115)65-81(79)101(83)125)127-103(73)105-77(57-51-47-43-39-35-31-27-21-13-3)107-111(131-105)99-109(129-107)93-95-96(122-133-121-95)94-98(97(93)123(99)69-71(17-7)53-23-15-5)124(70-72(18-8)54-24-16-6)100-110(94)130-108-78(58-52-48-44-40-36-32-28-22-14-4)106(132-112(100)108)104-74(56-50-46-42-38-34-30-26-20-12-2)60-76(128-104)62-84-92(90(68-118)120-10)80-64-86(114)88(116)66-82(80)102(84)126/h59-66,71-72H,11-58,69-70H2,1-8H3/b83-61-,84-62-,91-89-,92-90+. The van der Waals surface area contributed by atoms with Crippen LogP contribution in [0.25, 0.3) is 125 Å². The number of fused-ring (bicyclic) bond motifs is 16. The Hall–Kier alpha value is -8.22. The number of aromatic nitrogens is 4. The quantitative estimate of drug-likeness (QED) is 0.0123. The Kier molecular flexibility index (Phi) is 37.2. The molecule has 9 heterocycles. The van der Waals surface area contributed by atoms with Gasteiger partial charge in [0.15, 0.2) is 34.8 Å². The van der Waals surface area contributed by atoms with Crippen LogP contribution in [0, 0.1) is 70.9 Å². The van der Waals surface area contributed by atoms with Gasteiger partial charge in [-0.15, -0.1) is 68.0 Å². The molecule has 12 aromatic rings. The number of aryl methyl sites for hydroxylation is 4. The van der Waals surface area contributed by atoms with Gasteiger partial charge >= 0.3 is 0 Å². The highest BCUT2D eigenvalue weighted by Gasteiger charge is 2.39. The number of unbranched alkanes of at least 4 members (excludes halogenated alkanes) is 34. The van der Waals surface area contributed by atoms with Crippen LogP contribution in [-0.4, -0.2) is 29.4 Å². The molecule has 2 aliphatic rings. The summed E-state index contributed by atoms with van der Waals surface area (Å²) in [5, 5.41) is 23.4. The van der Waals surface area contributed by atoms with E-state index in [1.54, 1.807) is 34.8 Å². The summed E-state index contributed by atoms with van der Waals surface area (Å²) in [6.45, 7) is 36.4. The lowest BCUT2D eigenvalue weighted by Gasteiger charge is -2.20. The Balaban J connectivity index is 1.01. The number of benzene rings is 3. The van der Waals surface area contributed by atoms with Gasteiger partial charge in [-0.05, 0) is 158 Å². The summed E-state index contributed by atoms with van der Waals surface area (Å²) in [4.78, 5) is 43.2. The lowest BCUT2D eigenvalue weighted by molar-refractivity contribution is 0.103. The van der Waals surface area contributed by atoms with Crippen LogP contribution in [0.4, 0.5) is 17.6 Å². The first-order valence-corrected chi connectivity index (χ1v) is 56.6. The molecule has 2 atom stereocenters. The van der Waals surface area contributed by atoms with Crippen LogP contribution in [-0.2, 0) is 38.8 Å². The lowest BCUT2D eigenvalue weighted by Crippen LogP contribution is -2.13. The first kappa shape index (κ1) is 101. The Morgan fingerprint density at radius 2 is 0.684 bits per heavy atom. The molecule has 0 fully saturated rings. The molecule has 14 rings (SSSR count). The summed E-state index contributed by atoms with van der Waals surface area (Å²) in [7, 11) is 0. The third kappa shape index (κ3) is 22.5. The molecule has 0 amide bonds. The van der Waals surface area contributed by atoms with Crippen LogP contribution >= 0.6 is 79.7 Å². The van der Waals surface area contributed by atoms with Crippen molar-refractivity contribution in [1.29, 1.82) is 10.5 Å². The number of thiophene rings is 6. The third-order valence-corrected chi connectivity index (χ3v) is 36.6. The zero-order valence-electron chi connectivity index (χ0n) is 79.9. The molecule has 0 radical (unpaired) electrons. The molecule has 0 bridgehead atoms. The summed E-state index contributed by atoms with van der Waals surface area (Å²) in [5.41, 5.74) is 11.6. The lowest BCUT2D eigenvalue weighted by atomic mass is 9.98. The van der Waals surface area contributed by atoms with Gasteiger partial charge in [-0.3, -0.25) is 9.59 Å². The Morgan fingerprint density at radius 1 is 0.376 bits per heavy atom. The SMILES string of the molecule is [C-]#[N+]/C(C#N)=C1\C(=C\c2cc(CCCCCCCCCCC)c(-c3sc4c(sc5c6c7nsnc7c7c8sc9c(CCCCCCCCCCC)c(-c%10sc(/C=C%11\C(=O)c%12cc(F)c(F)cc%12\C%11=C(\C#N)[N+]#[C-])cc%10CCCCCCCCCCC)sc9c8n(CC(CC)CCCC)c7c6n(CC(CC)CCCC)c45)c3CCCCCCCCCCC)s2)C(=O)c2cc(F)c(F)cc21. The maximum Gasteiger partial charge on any atom is 0.270 e. The smallest absolute Gasteiger partial charge is 0.270 e. The predicted octanol–water partition coefficient (Wildman–Crippen LogP) is 38.1. The molecule has 0 N–H and O–H groups in total. The minimum absolute atomic E-state index is 0.0395. The van der Waals surface area contributed by atoms with E-state index in [1.807, 2.05) is 57.5 Å². The molecule has 704 valence electrons. The van der Waals surface area contributed by atoms with E-state index in [0.717, 1.165) is 209 Å². The van der Waals surface area contributed by atoms with Crippen LogP contribution in [0.5, 0.6) is 0 Å². The monoisotopic (exact) mass is 1920 g/mol. The zero-order chi connectivity index (χ0) is 93.6. The molecule has 0 saturated heterocycles. The molecule has 10 nitrogen and oxygen atoms in total. The second-order valence-electron chi connectivity index (χ2n) is 37.8. The number of nitrogens with zero attached hydrogens (tertiary/aromatic N) is 8. The van der Waals surface area contributed by atoms with Crippen molar-refractivity contribution in [2.24, 2.45) is 11.8 Å². The number of hydrogen-bond donors (Lipinski definition) is 0. The van der Waals surface area contributed by atoms with E-state index in [2.05, 4.69) is 86.3 Å². The number of carbonyl (C=O) groups is 2. The van der Waals surface area contributed by atoms with Crippen molar-refractivity contribution in [2.45, 2.75) is 377 Å². The van der Waals surface area contributed by atoms with Crippen molar-refractivity contribution in [3.63, 3.8) is 0 Å². The largest absolute Gasteiger partial charge is 0.337 e. The molecular formula is C112H134F4N8O2S7. The molecule has 9 aromatic heterocycles. The molecule has 0 aliphatic heterocycles. The molecule has 2 aliphatic carbocycles. The number of allylic oxidation sites excluding steroid dienone is 6. The van der Waals surface area contributed by atoms with Crippen LogP contribution in [0.2, 0.25) is 0 Å². The van der Waals surface area contributed by atoms with Crippen molar-refractivity contribution >= 4 is 187 Å². The van der Waals surface area contributed by atoms with Crippen LogP contribution in [0.1, 0.15) is 402 Å². The highest BCUT2D eigenvalue weighted by atomic mass is 32.1. The first-order chi connectivity index (χ1) is 65.1. The van der Waals surface area contributed by atoms with Crippen molar-refractivity contribution in [3.8, 4) is 31.6 Å². The predicted molar refractivity (Wildman–Crippen MR) is 563 cm³/mol. The average Bonchev–Trinajstić information content (AvgIpc) is 1.50. The molecule has 3 aromatic carbocycles. The third-order valence-electron chi connectivity index (χ3n) is 28.2. The van der Waals surface area contributed by atoms with Gasteiger partial charge in [0.1, 0.15) is 11.0 Å². The molecular weight excluding hydrogens is 1790 g/mol. The van der Waals surface area contributed by atoms with E-state index in [0.29, 0.717) is 11.8 Å². The molecule has 133 heavy (non-hydrogen) atoms. The fraction of sp³-hybridized carbons (Fsp3) is 0.536. The van der Waals surface area contributed by atoms with Gasteiger partial charge in [-0.1, -0.05) is 299 Å². The van der Waals surface area contributed by atoms with E-state index in [4.69, 9.17) is 21.9 Å². The molecule has 0 spiro atoms. The number of halogens is 4. The number of ketones is 2. The zero-order valence-corrected chi connectivity index (χ0v) is 85.6. The van der Waals surface area contributed by atoms with Crippen molar-refractivity contribution < 1.29 is 27.2 Å². The average molecular weight is 1920 g/mol. The van der Waals surface area contributed by atoms with Crippen molar-refractivity contribution in [3.05, 3.63) is 159 Å². The maximum absolute atomic E-state index is 15.4. The summed E-state index contributed by atoms with van der Waals surface area (Å²) < 4.78 is 85.6. The second kappa shape index (κ2) is 49.2. The topological polar surface area (TPSA) is 126 Å². The Labute approximate surface area is 815 Å². The van der Waals surface area contributed by atoms with Gasteiger partial charge in [-0.2, -0.15) is 8.75 Å². The molecule has 2 unspecified atom stereocenters. The van der Waals surface area contributed by atoms with Crippen molar-refractivity contribution in [2.75, 3.05) is 0 Å². The Bertz CT molecular complexity index is 6030. The van der Waals surface area contributed by atoms with Gasteiger partial charge in [0.2, 0.25) is 0 Å². The minimum atomic E-state index is -1.16. The van der Waals surface area contributed by atoms with Crippen LogP contribution < -0.4 is 0 Å².